The van der Waals surface area contributed by atoms with Crippen LogP contribution >= 0.6 is 0 Å². The van der Waals surface area contributed by atoms with E-state index in [1.54, 1.807) is 28.4 Å². The number of amides is 4. The molecule has 0 saturated carbocycles. The van der Waals surface area contributed by atoms with Crippen molar-refractivity contribution < 1.29 is 38.1 Å². The molecule has 12 rings (SSSR count). The fourth-order valence-corrected chi connectivity index (χ4v) is 11.8. The third-order valence-electron chi connectivity index (χ3n) is 14.7. The predicted octanol–water partition coefficient (Wildman–Crippen LogP) is 8.68. The number of ether oxygens (including phenoxy) is 4. The minimum atomic E-state index is -0.373. The quantitative estimate of drug-likeness (QED) is 0.147. The van der Waals surface area contributed by atoms with Crippen LogP contribution in [0.3, 0.4) is 0 Å². The van der Waals surface area contributed by atoms with Crippen LogP contribution < -0.4 is 18.9 Å². The molecule has 0 bridgehead atoms. The lowest BCUT2D eigenvalue weighted by atomic mass is 9.72. The SMILES string of the molecule is COc1ccc2c(c1)CCc1c3c(c4c(c1-2)-c1ccc(OC)cc1CC4)C(=O)N(CCN1C(=O)c2c4c(c5c(c2C1=O)CCc1cc(OC)ccc1-5)-c1ccc(OC)cc1CC4)C3=O. The molecule has 0 atom stereocenters. The van der Waals surface area contributed by atoms with Gasteiger partial charge < -0.3 is 18.9 Å². The summed E-state index contributed by atoms with van der Waals surface area (Å²) >= 11 is 0. The van der Waals surface area contributed by atoms with Gasteiger partial charge in [0.05, 0.1) is 50.7 Å². The maximum Gasteiger partial charge on any atom is 0.261 e. The maximum atomic E-state index is 14.9. The Morgan fingerprint density at radius 2 is 0.578 bits per heavy atom. The number of methoxy groups -OCH3 is 4. The molecule has 4 amide bonds. The summed E-state index contributed by atoms with van der Waals surface area (Å²) in [5.74, 6) is 1.58. The van der Waals surface area contributed by atoms with Gasteiger partial charge in [-0.25, -0.2) is 0 Å². The zero-order valence-electron chi connectivity index (χ0n) is 36.2. The van der Waals surface area contributed by atoms with E-state index in [0.717, 1.165) is 112 Å². The van der Waals surface area contributed by atoms with Gasteiger partial charge in [0.2, 0.25) is 0 Å². The van der Waals surface area contributed by atoms with Gasteiger partial charge in [0.25, 0.3) is 23.6 Å². The molecule has 4 aliphatic carbocycles. The van der Waals surface area contributed by atoms with Crippen LogP contribution in [0.2, 0.25) is 0 Å². The molecule has 0 aromatic heterocycles. The van der Waals surface area contributed by atoms with Crippen LogP contribution in [0.25, 0.3) is 44.5 Å². The summed E-state index contributed by atoms with van der Waals surface area (Å²) in [6.45, 7) is -0.225. The highest BCUT2D eigenvalue weighted by Crippen LogP contribution is 2.53. The molecule has 0 unspecified atom stereocenters. The van der Waals surface area contributed by atoms with Crippen LogP contribution in [0.5, 0.6) is 23.0 Å². The Morgan fingerprint density at radius 3 is 0.797 bits per heavy atom. The second kappa shape index (κ2) is 14.2. The minimum Gasteiger partial charge on any atom is -0.497 e. The third kappa shape index (κ3) is 5.25. The molecule has 64 heavy (non-hydrogen) atoms. The Labute approximate surface area is 370 Å². The number of imide groups is 2. The summed E-state index contributed by atoms with van der Waals surface area (Å²) in [7, 11) is 6.64. The van der Waals surface area contributed by atoms with Crippen LogP contribution in [0.4, 0.5) is 0 Å². The Bertz CT molecular complexity index is 2750. The average molecular weight is 849 g/mol. The van der Waals surface area contributed by atoms with E-state index >= 15 is 0 Å². The van der Waals surface area contributed by atoms with Gasteiger partial charge >= 0.3 is 0 Å². The molecule has 318 valence electrons. The number of nitrogens with zero attached hydrogens (tertiary/aromatic N) is 2. The topological polar surface area (TPSA) is 112 Å². The second-order valence-electron chi connectivity index (χ2n) is 17.5. The fraction of sp³-hybridized carbons (Fsp3) is 0.259. The van der Waals surface area contributed by atoms with E-state index < -0.39 is 0 Å². The number of hydrogen-bond acceptors (Lipinski definition) is 8. The Balaban J connectivity index is 0.945. The van der Waals surface area contributed by atoms with Crippen molar-refractivity contribution in [1.29, 1.82) is 0 Å². The summed E-state index contributed by atoms with van der Waals surface area (Å²) < 4.78 is 22.4. The van der Waals surface area contributed by atoms with E-state index in [2.05, 4.69) is 48.5 Å². The number of rotatable bonds is 7. The number of benzene rings is 6. The van der Waals surface area contributed by atoms with Crippen LogP contribution in [0, 0.1) is 0 Å². The van der Waals surface area contributed by atoms with Crippen molar-refractivity contribution in [3.63, 3.8) is 0 Å². The number of hydrogen-bond donors (Lipinski definition) is 0. The van der Waals surface area contributed by atoms with Gasteiger partial charge in [-0.05, 0) is 189 Å². The highest BCUT2D eigenvalue weighted by Gasteiger charge is 2.47. The average Bonchev–Trinajstić information content (AvgIpc) is 3.74. The Hall–Kier alpha value is -7.20. The van der Waals surface area contributed by atoms with Gasteiger partial charge in [-0.15, -0.1) is 0 Å². The molecule has 0 radical (unpaired) electrons. The van der Waals surface area contributed by atoms with Crippen LogP contribution in [0.1, 0.15) is 85.9 Å². The van der Waals surface area contributed by atoms with Crippen LogP contribution in [0.15, 0.2) is 72.8 Å². The minimum absolute atomic E-state index is 0.113. The van der Waals surface area contributed by atoms with Crippen molar-refractivity contribution in [1.82, 2.24) is 9.80 Å². The van der Waals surface area contributed by atoms with E-state index in [9.17, 15) is 19.2 Å². The third-order valence-corrected chi connectivity index (χ3v) is 14.7. The van der Waals surface area contributed by atoms with Gasteiger partial charge in [0, 0.05) is 13.1 Å². The van der Waals surface area contributed by atoms with Gasteiger partial charge in [-0.1, -0.05) is 24.3 Å². The predicted molar refractivity (Wildman–Crippen MR) is 241 cm³/mol. The monoisotopic (exact) mass is 848 g/mol. The molecule has 0 fully saturated rings. The summed E-state index contributed by atoms with van der Waals surface area (Å²) in [6.07, 6.45) is 5.02. The molecule has 10 heteroatoms. The summed E-state index contributed by atoms with van der Waals surface area (Å²) in [4.78, 5) is 62.0. The van der Waals surface area contributed by atoms with E-state index in [1.807, 2.05) is 24.3 Å². The van der Waals surface area contributed by atoms with Gasteiger partial charge in [-0.3, -0.25) is 29.0 Å². The van der Waals surface area contributed by atoms with Crippen molar-refractivity contribution in [3.05, 3.63) is 140 Å². The highest BCUT2D eigenvalue weighted by molar-refractivity contribution is 6.26. The smallest absolute Gasteiger partial charge is 0.261 e. The normalized spacial score (nSPS) is 15.8. The number of carbonyl (C=O) groups is 4. The molecule has 10 nitrogen and oxygen atoms in total. The van der Waals surface area contributed by atoms with Crippen LogP contribution in [-0.2, 0) is 51.4 Å². The van der Waals surface area contributed by atoms with E-state index in [0.29, 0.717) is 73.6 Å². The van der Waals surface area contributed by atoms with Crippen LogP contribution in [-0.4, -0.2) is 75.0 Å². The number of aryl methyl sites for hydroxylation is 4. The van der Waals surface area contributed by atoms with Crippen molar-refractivity contribution in [2.24, 2.45) is 0 Å². The fourth-order valence-electron chi connectivity index (χ4n) is 11.8. The molecule has 6 aromatic carbocycles. The van der Waals surface area contributed by atoms with E-state index in [1.165, 1.54) is 9.80 Å². The highest BCUT2D eigenvalue weighted by atomic mass is 16.5. The number of fused-ring (bicyclic) bond motifs is 20. The molecule has 0 N–H and O–H groups in total. The lowest BCUT2D eigenvalue weighted by Gasteiger charge is -2.31. The first-order valence-electron chi connectivity index (χ1n) is 22.1. The first kappa shape index (κ1) is 38.5. The summed E-state index contributed by atoms with van der Waals surface area (Å²) in [6, 6.07) is 24.3. The van der Waals surface area contributed by atoms with Gasteiger partial charge in [0.1, 0.15) is 23.0 Å². The zero-order chi connectivity index (χ0) is 43.7. The molecule has 6 aromatic rings. The summed E-state index contributed by atoms with van der Waals surface area (Å²) in [5.41, 5.74) is 17.9. The number of carbonyl (C=O) groups excluding carboxylic acids is 4. The molecular formula is C54H44N2O8. The molecule has 2 aliphatic heterocycles. The van der Waals surface area contributed by atoms with Crippen molar-refractivity contribution >= 4 is 23.6 Å². The van der Waals surface area contributed by atoms with Gasteiger partial charge in [0.15, 0.2) is 0 Å². The Morgan fingerprint density at radius 1 is 0.344 bits per heavy atom. The standard InChI is InChI=1S/C54H44N2O8/c1-61-31-9-17-35-27(23-31)5-13-39-43(35)44-36-18-10-32(62-2)24-28(36)6-14-40(44)48-47(39)51(57)55(52(48)58)21-22-56-53(59)49-41-15-7-29-25-33(63-3)11-19-37(29)45(41)46-38-20-12-34(64-4)26-30(38)8-16-42(46)50(49)54(56)60/h9-12,17-20,23-26H,5-8,13-16,21-22H2,1-4H3. The van der Waals surface area contributed by atoms with Gasteiger partial charge in [-0.2, -0.15) is 0 Å². The summed E-state index contributed by atoms with van der Waals surface area (Å²) in [5, 5.41) is 0. The molecule has 0 saturated heterocycles. The van der Waals surface area contributed by atoms with Crippen molar-refractivity contribution in [2.45, 2.75) is 51.4 Å². The maximum absolute atomic E-state index is 14.9. The molecule has 0 spiro atoms. The van der Waals surface area contributed by atoms with E-state index in [4.69, 9.17) is 18.9 Å². The zero-order valence-corrected chi connectivity index (χ0v) is 36.2. The first-order valence-corrected chi connectivity index (χ1v) is 22.1. The Kier molecular flexibility index (Phi) is 8.51. The second-order valence-corrected chi connectivity index (χ2v) is 17.5. The van der Waals surface area contributed by atoms with Crippen molar-refractivity contribution in [2.75, 3.05) is 41.5 Å². The largest absolute Gasteiger partial charge is 0.497 e. The lowest BCUT2D eigenvalue weighted by molar-refractivity contribution is 0.0560. The first-order chi connectivity index (χ1) is 31.2. The lowest BCUT2D eigenvalue weighted by Crippen LogP contribution is -2.40. The molecular weight excluding hydrogens is 805 g/mol. The van der Waals surface area contributed by atoms with Crippen molar-refractivity contribution in [3.8, 4) is 67.5 Å². The molecule has 6 aliphatic rings. The molecule has 2 heterocycles. The van der Waals surface area contributed by atoms with E-state index in [-0.39, 0.29) is 36.7 Å².